The number of hydrogen-bond acceptors (Lipinski definition) is 14. The van der Waals surface area contributed by atoms with Crippen LogP contribution in [0.15, 0.2) is 48.5 Å². The maximum atomic E-state index is 12.9. The van der Waals surface area contributed by atoms with Crippen molar-refractivity contribution in [1.29, 1.82) is 0 Å². The molecule has 2 aromatic carbocycles. The number of hydrogen-bond donors (Lipinski definition) is 0. The molecule has 1 heterocycles. The Balaban J connectivity index is 1.92. The van der Waals surface area contributed by atoms with Gasteiger partial charge in [0.2, 0.25) is 12.4 Å². The van der Waals surface area contributed by atoms with Crippen LogP contribution in [0, 0.1) is 0 Å². The summed E-state index contributed by atoms with van der Waals surface area (Å²) in [6, 6.07) is 12.4. The van der Waals surface area contributed by atoms with Crippen molar-refractivity contribution < 1.29 is 66.7 Å². The monoisotopic (exact) mass is 616 g/mol. The van der Waals surface area contributed by atoms with Gasteiger partial charge in [0.25, 0.3) is 0 Å². The van der Waals surface area contributed by atoms with E-state index in [1.807, 2.05) is 0 Å². The van der Waals surface area contributed by atoms with Crippen LogP contribution in [0.4, 0.5) is 0 Å². The van der Waals surface area contributed by atoms with E-state index in [0.717, 1.165) is 27.7 Å². The minimum absolute atomic E-state index is 0.0145. The first-order valence-electron chi connectivity index (χ1n) is 13.3. The first-order chi connectivity index (χ1) is 20.8. The van der Waals surface area contributed by atoms with Gasteiger partial charge in [0.05, 0.1) is 0 Å². The average Bonchev–Trinajstić information content (AvgIpc) is 2.93. The molecule has 3 rings (SSSR count). The molecule has 44 heavy (non-hydrogen) atoms. The van der Waals surface area contributed by atoms with E-state index >= 15 is 0 Å². The Labute approximate surface area is 252 Å². The Bertz CT molecular complexity index is 1390. The minimum Gasteiger partial charge on any atom is -0.463 e. The molecule has 2 aromatic rings. The maximum absolute atomic E-state index is 12.9. The van der Waals surface area contributed by atoms with Gasteiger partial charge >= 0.3 is 35.8 Å². The normalized spacial score (nSPS) is 20.8. The van der Waals surface area contributed by atoms with Crippen LogP contribution < -0.4 is 9.47 Å². The van der Waals surface area contributed by atoms with Gasteiger partial charge in [-0.15, -0.1) is 0 Å². The second-order valence-electron chi connectivity index (χ2n) is 9.46. The third-order valence-electron chi connectivity index (χ3n) is 5.88. The summed E-state index contributed by atoms with van der Waals surface area (Å²) in [5.41, 5.74) is 0.361. The number of para-hydroxylation sites is 2. The lowest BCUT2D eigenvalue weighted by molar-refractivity contribution is -0.288. The Kier molecular flexibility index (Phi) is 11.8. The summed E-state index contributed by atoms with van der Waals surface area (Å²) in [6.07, 6.45) is -6.94. The van der Waals surface area contributed by atoms with Gasteiger partial charge in [-0.3, -0.25) is 24.0 Å². The van der Waals surface area contributed by atoms with Crippen molar-refractivity contribution in [2.45, 2.75) is 71.9 Å². The van der Waals surface area contributed by atoms with Crippen molar-refractivity contribution in [1.82, 2.24) is 0 Å². The van der Waals surface area contributed by atoms with Gasteiger partial charge in [-0.25, -0.2) is 4.79 Å². The highest BCUT2D eigenvalue weighted by Crippen LogP contribution is 2.32. The minimum atomic E-state index is -1.49. The molecule has 0 N–H and O–H groups in total. The molecule has 1 saturated heterocycles. The fourth-order valence-electron chi connectivity index (χ4n) is 4.25. The van der Waals surface area contributed by atoms with E-state index in [1.54, 1.807) is 30.3 Å². The number of carbonyl (C=O) groups excluding carboxylic acids is 6. The highest BCUT2D eigenvalue weighted by Gasteiger charge is 2.53. The number of ether oxygens (including phenoxy) is 8. The van der Waals surface area contributed by atoms with Gasteiger partial charge in [0, 0.05) is 40.2 Å². The molecule has 0 aliphatic carbocycles. The van der Waals surface area contributed by atoms with Gasteiger partial charge in [0.15, 0.2) is 12.2 Å². The zero-order valence-electron chi connectivity index (χ0n) is 24.6. The molecule has 14 nitrogen and oxygen atoms in total. The third-order valence-corrected chi connectivity index (χ3v) is 5.88. The van der Waals surface area contributed by atoms with E-state index in [-0.39, 0.29) is 23.7 Å². The Morgan fingerprint density at radius 3 is 1.82 bits per heavy atom. The lowest BCUT2D eigenvalue weighted by Crippen LogP contribution is -2.63. The van der Waals surface area contributed by atoms with Crippen LogP contribution in [0.1, 0.15) is 50.5 Å². The molecule has 14 heteroatoms. The molecule has 5 atom stereocenters. The summed E-state index contributed by atoms with van der Waals surface area (Å²) in [5, 5.41) is 0. The lowest BCUT2D eigenvalue weighted by atomic mass is 9.98. The van der Waals surface area contributed by atoms with E-state index < -0.39 is 73.1 Å². The van der Waals surface area contributed by atoms with Crippen molar-refractivity contribution in [2.75, 3.05) is 6.61 Å². The van der Waals surface area contributed by atoms with Gasteiger partial charge < -0.3 is 37.9 Å². The average molecular weight is 617 g/mol. The van der Waals surface area contributed by atoms with Crippen LogP contribution >= 0.6 is 0 Å². The van der Waals surface area contributed by atoms with E-state index in [4.69, 9.17) is 37.9 Å². The van der Waals surface area contributed by atoms with Gasteiger partial charge in [-0.1, -0.05) is 30.3 Å². The van der Waals surface area contributed by atoms with Gasteiger partial charge in [-0.05, 0) is 18.2 Å². The summed E-state index contributed by atoms with van der Waals surface area (Å²) >= 11 is 0. The summed E-state index contributed by atoms with van der Waals surface area (Å²) in [4.78, 5) is 72.0. The van der Waals surface area contributed by atoms with Crippen LogP contribution in [-0.4, -0.2) is 73.1 Å². The zero-order chi connectivity index (χ0) is 32.4. The molecule has 0 spiro atoms. The van der Waals surface area contributed by atoms with E-state index in [0.29, 0.717) is 5.56 Å². The predicted molar refractivity (Wildman–Crippen MR) is 146 cm³/mol. The number of benzene rings is 2. The molecule has 0 radical (unpaired) electrons. The second-order valence-corrected chi connectivity index (χ2v) is 9.46. The topological polar surface area (TPSA) is 176 Å². The third kappa shape index (κ3) is 9.52. The first-order valence-corrected chi connectivity index (χ1v) is 13.3. The summed E-state index contributed by atoms with van der Waals surface area (Å²) in [7, 11) is 0. The van der Waals surface area contributed by atoms with E-state index in [9.17, 15) is 28.8 Å². The highest BCUT2D eigenvalue weighted by atomic mass is 16.7. The summed E-state index contributed by atoms with van der Waals surface area (Å²) in [5.74, 6) is -4.29. The molecular weight excluding hydrogens is 584 g/mol. The molecule has 0 saturated carbocycles. The molecule has 1 fully saturated rings. The molecule has 0 bridgehead atoms. The van der Waals surface area contributed by atoms with Crippen LogP contribution in [-0.2, 0) is 59.0 Å². The van der Waals surface area contributed by atoms with Crippen molar-refractivity contribution in [2.24, 2.45) is 0 Å². The smallest absolute Gasteiger partial charge is 0.342 e. The number of esters is 6. The Morgan fingerprint density at radius 2 is 1.20 bits per heavy atom. The molecule has 0 aromatic heterocycles. The van der Waals surface area contributed by atoms with Crippen LogP contribution in [0.25, 0.3) is 0 Å². The summed E-state index contributed by atoms with van der Waals surface area (Å²) < 4.78 is 43.9. The van der Waals surface area contributed by atoms with E-state index in [1.165, 1.54) is 25.1 Å². The molecule has 1 aliphatic rings. The quantitative estimate of drug-likeness (QED) is 0.204. The molecule has 1 aliphatic heterocycles. The van der Waals surface area contributed by atoms with Crippen LogP contribution in [0.3, 0.4) is 0 Å². The zero-order valence-corrected chi connectivity index (χ0v) is 24.6. The van der Waals surface area contributed by atoms with Crippen molar-refractivity contribution >= 4 is 35.8 Å². The number of carbonyl (C=O) groups is 6. The van der Waals surface area contributed by atoms with Crippen molar-refractivity contribution in [3.63, 3.8) is 0 Å². The summed E-state index contributed by atoms with van der Waals surface area (Å²) in [6.45, 7) is 4.93. The highest BCUT2D eigenvalue weighted by molar-refractivity contribution is 5.93. The molecule has 5 unspecified atom stereocenters. The molecular formula is C30H32O14. The van der Waals surface area contributed by atoms with Crippen LogP contribution in [0.5, 0.6) is 11.5 Å². The van der Waals surface area contributed by atoms with Crippen molar-refractivity contribution in [3.05, 3.63) is 59.7 Å². The van der Waals surface area contributed by atoms with Crippen LogP contribution in [0.2, 0.25) is 0 Å². The predicted octanol–water partition coefficient (Wildman–Crippen LogP) is 2.43. The molecule has 0 amide bonds. The van der Waals surface area contributed by atoms with Gasteiger partial charge in [-0.2, -0.15) is 0 Å². The van der Waals surface area contributed by atoms with Gasteiger partial charge in [0.1, 0.15) is 36.4 Å². The molecule has 236 valence electrons. The standard InChI is InChI=1S/C30H32O14/c1-16(31)37-15-25-26(40-18(3)33)27(41-19(4)34)28(42-20(5)35)30(44-25)43-23-12-8-6-10-21(23)14-38-29(36)22-11-7-9-13-24(22)39-17(2)32/h6-13,25-28,30H,14-15H2,1-5H3. The second kappa shape index (κ2) is 15.5. The number of rotatable bonds is 11. The fraction of sp³-hybridized carbons (Fsp3) is 0.400. The van der Waals surface area contributed by atoms with E-state index in [2.05, 4.69) is 0 Å². The lowest BCUT2D eigenvalue weighted by Gasteiger charge is -2.44. The SMILES string of the molecule is CC(=O)OCC1OC(Oc2ccccc2COC(=O)c2ccccc2OC(C)=O)C(OC(C)=O)C(OC(C)=O)C1OC(C)=O. The van der Waals surface area contributed by atoms with Crippen molar-refractivity contribution in [3.8, 4) is 11.5 Å². The maximum Gasteiger partial charge on any atom is 0.342 e. The fourth-order valence-corrected chi connectivity index (χ4v) is 4.25. The Hall–Kier alpha value is -4.98. The Morgan fingerprint density at radius 1 is 0.636 bits per heavy atom. The first kappa shape index (κ1) is 33.5. The largest absolute Gasteiger partial charge is 0.463 e.